The van der Waals surface area contributed by atoms with E-state index < -0.39 is 0 Å². The van der Waals surface area contributed by atoms with Crippen LogP contribution in [0.15, 0.2) is 76.6 Å². The van der Waals surface area contributed by atoms with E-state index in [0.717, 1.165) is 28.1 Å². The van der Waals surface area contributed by atoms with Crippen molar-refractivity contribution in [3.05, 3.63) is 93.9 Å². The first-order valence-electron chi connectivity index (χ1n) is 10.8. The number of carbonyl (C=O) groups excluding carboxylic acids is 2. The van der Waals surface area contributed by atoms with Gasteiger partial charge in [-0.1, -0.05) is 35.9 Å². The summed E-state index contributed by atoms with van der Waals surface area (Å²) in [6.07, 6.45) is 1.78. The number of hydrogen-bond acceptors (Lipinski definition) is 5. The number of aryl methyl sites for hydroxylation is 3. The van der Waals surface area contributed by atoms with Crippen molar-refractivity contribution in [2.24, 2.45) is 4.99 Å². The SMILES string of the molecule is Cc1ccc(N=C2NC(=O)/C(=C/c3cccc(OCC(=O)Nc4ccc(C)c(C)c4)c3)S2)cc1. The summed E-state index contributed by atoms with van der Waals surface area (Å²) < 4.78 is 5.66. The lowest BCUT2D eigenvalue weighted by Crippen LogP contribution is -2.20. The van der Waals surface area contributed by atoms with E-state index >= 15 is 0 Å². The van der Waals surface area contributed by atoms with E-state index in [9.17, 15) is 9.59 Å². The third kappa shape index (κ3) is 6.14. The molecule has 1 aliphatic heterocycles. The average molecular weight is 472 g/mol. The van der Waals surface area contributed by atoms with Gasteiger partial charge in [0, 0.05) is 5.69 Å². The molecule has 34 heavy (non-hydrogen) atoms. The molecule has 0 spiro atoms. The monoisotopic (exact) mass is 471 g/mol. The third-order valence-corrected chi connectivity index (χ3v) is 6.14. The van der Waals surface area contributed by atoms with Gasteiger partial charge in [-0.15, -0.1) is 0 Å². The van der Waals surface area contributed by atoms with Crippen LogP contribution in [0.2, 0.25) is 0 Å². The van der Waals surface area contributed by atoms with Gasteiger partial charge in [0.2, 0.25) is 0 Å². The van der Waals surface area contributed by atoms with Crippen molar-refractivity contribution in [1.29, 1.82) is 0 Å². The van der Waals surface area contributed by atoms with Gasteiger partial charge in [0.25, 0.3) is 11.8 Å². The van der Waals surface area contributed by atoms with Gasteiger partial charge in [0.1, 0.15) is 5.75 Å². The molecule has 1 aliphatic rings. The zero-order valence-corrected chi connectivity index (χ0v) is 20.0. The maximum Gasteiger partial charge on any atom is 0.264 e. The van der Waals surface area contributed by atoms with Gasteiger partial charge in [-0.3, -0.25) is 9.59 Å². The predicted molar refractivity (Wildman–Crippen MR) is 138 cm³/mol. The first-order valence-corrected chi connectivity index (χ1v) is 11.6. The van der Waals surface area contributed by atoms with Crippen molar-refractivity contribution < 1.29 is 14.3 Å². The van der Waals surface area contributed by atoms with Crippen LogP contribution in [0.3, 0.4) is 0 Å². The molecular formula is C27H25N3O3S. The highest BCUT2D eigenvalue weighted by Gasteiger charge is 2.23. The molecule has 1 fully saturated rings. The van der Waals surface area contributed by atoms with Crippen LogP contribution in [-0.4, -0.2) is 23.6 Å². The van der Waals surface area contributed by atoms with Crippen molar-refractivity contribution in [3.63, 3.8) is 0 Å². The number of amides is 2. The van der Waals surface area contributed by atoms with Crippen molar-refractivity contribution in [2.75, 3.05) is 11.9 Å². The summed E-state index contributed by atoms with van der Waals surface area (Å²) in [5.41, 5.74) is 5.74. The van der Waals surface area contributed by atoms with Crippen LogP contribution < -0.4 is 15.4 Å². The molecule has 6 nitrogen and oxygen atoms in total. The lowest BCUT2D eigenvalue weighted by molar-refractivity contribution is -0.118. The maximum absolute atomic E-state index is 12.4. The summed E-state index contributed by atoms with van der Waals surface area (Å²) in [6.45, 7) is 5.92. The summed E-state index contributed by atoms with van der Waals surface area (Å²) in [5, 5.41) is 6.17. The molecule has 7 heteroatoms. The maximum atomic E-state index is 12.4. The molecule has 2 amide bonds. The number of amidine groups is 1. The summed E-state index contributed by atoms with van der Waals surface area (Å²) in [4.78, 5) is 29.7. The normalized spacial score (nSPS) is 15.4. The molecule has 0 unspecified atom stereocenters. The number of aliphatic imine (C=N–C) groups is 1. The Morgan fingerprint density at radius 1 is 1.03 bits per heavy atom. The van der Waals surface area contributed by atoms with Crippen LogP contribution in [0.1, 0.15) is 22.3 Å². The van der Waals surface area contributed by atoms with Gasteiger partial charge in [0.15, 0.2) is 11.8 Å². The van der Waals surface area contributed by atoms with Crippen molar-refractivity contribution in [2.45, 2.75) is 20.8 Å². The fourth-order valence-corrected chi connectivity index (χ4v) is 4.07. The Kier molecular flexibility index (Phi) is 7.13. The van der Waals surface area contributed by atoms with Gasteiger partial charge >= 0.3 is 0 Å². The number of nitrogens with one attached hydrogen (secondary N) is 2. The summed E-state index contributed by atoms with van der Waals surface area (Å²) >= 11 is 1.29. The zero-order chi connectivity index (χ0) is 24.1. The molecule has 3 aromatic rings. The number of ether oxygens (including phenoxy) is 1. The highest BCUT2D eigenvalue weighted by molar-refractivity contribution is 8.18. The van der Waals surface area contributed by atoms with Gasteiger partial charge in [0.05, 0.1) is 10.6 Å². The Labute approximate surface area is 203 Å². The quantitative estimate of drug-likeness (QED) is 0.464. The highest BCUT2D eigenvalue weighted by atomic mass is 32.2. The van der Waals surface area contributed by atoms with E-state index in [1.165, 1.54) is 17.3 Å². The Hall–Kier alpha value is -3.84. The highest BCUT2D eigenvalue weighted by Crippen LogP contribution is 2.29. The molecule has 172 valence electrons. The number of rotatable bonds is 6. The van der Waals surface area contributed by atoms with Crippen LogP contribution in [0.4, 0.5) is 11.4 Å². The molecule has 0 aliphatic carbocycles. The molecule has 1 saturated heterocycles. The van der Waals surface area contributed by atoms with E-state index in [-0.39, 0.29) is 18.4 Å². The average Bonchev–Trinajstić information content (AvgIpc) is 3.15. The lowest BCUT2D eigenvalue weighted by atomic mass is 10.1. The zero-order valence-electron chi connectivity index (χ0n) is 19.2. The minimum atomic E-state index is -0.241. The second-order valence-electron chi connectivity index (χ2n) is 8.03. The molecule has 0 aromatic heterocycles. The fourth-order valence-electron chi connectivity index (χ4n) is 3.23. The van der Waals surface area contributed by atoms with Crippen LogP contribution in [0.25, 0.3) is 6.08 Å². The second-order valence-corrected chi connectivity index (χ2v) is 9.06. The van der Waals surface area contributed by atoms with Crippen molar-refractivity contribution >= 4 is 46.2 Å². The standard InChI is InChI=1S/C27H25N3O3S/c1-17-7-10-21(11-8-17)29-27-30-26(32)24(34-27)15-20-5-4-6-23(14-20)33-16-25(31)28-22-12-9-18(2)19(3)13-22/h4-15H,16H2,1-3H3,(H,28,31)(H,29,30,32)/b24-15-. The summed E-state index contributed by atoms with van der Waals surface area (Å²) in [6, 6.07) is 20.8. The smallest absolute Gasteiger partial charge is 0.264 e. The van der Waals surface area contributed by atoms with Gasteiger partial charge < -0.3 is 15.4 Å². The number of nitrogens with zero attached hydrogens (tertiary/aromatic N) is 1. The van der Waals surface area contributed by atoms with Gasteiger partial charge in [-0.25, -0.2) is 4.99 Å². The molecule has 1 heterocycles. The third-order valence-electron chi connectivity index (χ3n) is 5.23. The van der Waals surface area contributed by atoms with Crippen LogP contribution in [-0.2, 0) is 9.59 Å². The number of benzene rings is 3. The Morgan fingerprint density at radius 2 is 1.82 bits per heavy atom. The lowest BCUT2D eigenvalue weighted by Gasteiger charge is -2.09. The molecule has 0 radical (unpaired) electrons. The number of carbonyl (C=O) groups is 2. The molecule has 3 aromatic carbocycles. The van der Waals surface area contributed by atoms with Crippen LogP contribution in [0, 0.1) is 20.8 Å². The van der Waals surface area contributed by atoms with Crippen molar-refractivity contribution in [1.82, 2.24) is 5.32 Å². The Bertz CT molecular complexity index is 1300. The van der Waals surface area contributed by atoms with Crippen LogP contribution >= 0.6 is 11.8 Å². The fraction of sp³-hybridized carbons (Fsp3) is 0.148. The van der Waals surface area contributed by atoms with E-state index in [2.05, 4.69) is 15.6 Å². The number of hydrogen-bond donors (Lipinski definition) is 2. The van der Waals surface area contributed by atoms with Gasteiger partial charge in [-0.05, 0) is 91.7 Å². The number of thioether (sulfide) groups is 1. The Balaban J connectivity index is 1.38. The minimum Gasteiger partial charge on any atom is -0.484 e. The first kappa shape index (κ1) is 23.3. The van der Waals surface area contributed by atoms with Crippen molar-refractivity contribution in [3.8, 4) is 5.75 Å². The molecule has 4 rings (SSSR count). The molecule has 0 atom stereocenters. The Morgan fingerprint density at radius 3 is 2.59 bits per heavy atom. The topological polar surface area (TPSA) is 79.8 Å². The largest absolute Gasteiger partial charge is 0.484 e. The summed E-state index contributed by atoms with van der Waals surface area (Å²) in [5.74, 6) is 0.103. The first-order chi connectivity index (χ1) is 16.4. The number of anilines is 1. The van der Waals surface area contributed by atoms with E-state index in [0.29, 0.717) is 15.8 Å². The molecular weight excluding hydrogens is 446 g/mol. The molecule has 2 N–H and O–H groups in total. The molecule has 0 bridgehead atoms. The van der Waals surface area contributed by atoms with Gasteiger partial charge in [-0.2, -0.15) is 0 Å². The van der Waals surface area contributed by atoms with E-state index in [1.807, 2.05) is 75.4 Å². The molecule has 0 saturated carbocycles. The second kappa shape index (κ2) is 10.4. The predicted octanol–water partition coefficient (Wildman–Crippen LogP) is 5.52. The van der Waals surface area contributed by atoms with Crippen LogP contribution in [0.5, 0.6) is 5.75 Å². The minimum absolute atomic E-state index is 0.116. The van der Waals surface area contributed by atoms with E-state index in [4.69, 9.17) is 4.74 Å². The summed E-state index contributed by atoms with van der Waals surface area (Å²) in [7, 11) is 0. The van der Waals surface area contributed by atoms with E-state index in [1.54, 1.807) is 18.2 Å².